The standard InChI is InChI=1S/C8H8N2O2/c1-3-12-8-6(1)7-5-11-4-2-10(7)9-8/h1,3H,2,4-5H2. The van der Waals surface area contributed by atoms with Gasteiger partial charge >= 0.3 is 0 Å². The van der Waals surface area contributed by atoms with Crippen LogP contribution in [0.5, 0.6) is 0 Å². The van der Waals surface area contributed by atoms with E-state index < -0.39 is 0 Å². The Hall–Kier alpha value is -1.29. The fraction of sp³-hybridized carbons (Fsp3) is 0.375. The van der Waals surface area contributed by atoms with Crippen LogP contribution >= 0.6 is 0 Å². The van der Waals surface area contributed by atoms with Gasteiger partial charge in [-0.05, 0) is 6.07 Å². The molecule has 0 radical (unpaired) electrons. The van der Waals surface area contributed by atoms with Crippen LogP contribution in [0.2, 0.25) is 0 Å². The van der Waals surface area contributed by atoms with Crippen molar-refractivity contribution in [1.82, 2.24) is 9.78 Å². The summed E-state index contributed by atoms with van der Waals surface area (Å²) in [6.07, 6.45) is 1.66. The van der Waals surface area contributed by atoms with Gasteiger partial charge < -0.3 is 9.15 Å². The van der Waals surface area contributed by atoms with E-state index in [1.807, 2.05) is 10.7 Å². The lowest BCUT2D eigenvalue weighted by molar-refractivity contribution is 0.0810. The summed E-state index contributed by atoms with van der Waals surface area (Å²) in [6.45, 7) is 2.23. The molecule has 12 heavy (non-hydrogen) atoms. The first-order valence-corrected chi connectivity index (χ1v) is 3.96. The molecule has 3 rings (SSSR count). The Bertz CT molecular complexity index is 416. The number of furan rings is 1. The van der Waals surface area contributed by atoms with E-state index in [0.717, 1.165) is 29.9 Å². The van der Waals surface area contributed by atoms with Gasteiger partial charge in [-0.25, -0.2) is 0 Å². The summed E-state index contributed by atoms with van der Waals surface area (Å²) in [5, 5.41) is 5.36. The minimum Gasteiger partial charge on any atom is -0.445 e. The Labute approximate surface area is 68.7 Å². The van der Waals surface area contributed by atoms with E-state index in [0.29, 0.717) is 6.61 Å². The molecule has 62 valence electrons. The van der Waals surface area contributed by atoms with Gasteiger partial charge in [0.15, 0.2) is 0 Å². The molecule has 0 fully saturated rings. The number of hydrogen-bond donors (Lipinski definition) is 0. The Morgan fingerprint density at radius 1 is 1.50 bits per heavy atom. The molecule has 0 spiro atoms. The molecule has 0 bridgehead atoms. The van der Waals surface area contributed by atoms with Crippen molar-refractivity contribution in [3.63, 3.8) is 0 Å². The molecule has 0 saturated carbocycles. The van der Waals surface area contributed by atoms with Crippen LogP contribution in [0.1, 0.15) is 5.69 Å². The summed E-state index contributed by atoms with van der Waals surface area (Å²) < 4.78 is 12.5. The van der Waals surface area contributed by atoms with Crippen LogP contribution < -0.4 is 0 Å². The Morgan fingerprint density at radius 3 is 3.50 bits per heavy atom. The van der Waals surface area contributed by atoms with Crippen LogP contribution in [0, 0.1) is 0 Å². The molecule has 1 aliphatic rings. The average molecular weight is 164 g/mol. The first-order valence-electron chi connectivity index (χ1n) is 3.96. The molecule has 0 amide bonds. The molecule has 2 aromatic rings. The molecular formula is C8H8N2O2. The van der Waals surface area contributed by atoms with E-state index in [2.05, 4.69) is 5.10 Å². The van der Waals surface area contributed by atoms with Crippen molar-refractivity contribution in [2.45, 2.75) is 13.2 Å². The molecule has 0 saturated heterocycles. The zero-order valence-corrected chi connectivity index (χ0v) is 6.49. The molecule has 0 aliphatic carbocycles. The summed E-state index contributed by atoms with van der Waals surface area (Å²) in [5.74, 6) is 0. The van der Waals surface area contributed by atoms with E-state index in [9.17, 15) is 0 Å². The normalized spacial score (nSPS) is 16.7. The van der Waals surface area contributed by atoms with Gasteiger partial charge in [0.25, 0.3) is 0 Å². The van der Waals surface area contributed by atoms with Crippen molar-refractivity contribution in [3.8, 4) is 0 Å². The highest BCUT2D eigenvalue weighted by Crippen LogP contribution is 2.21. The molecule has 4 nitrogen and oxygen atoms in total. The van der Waals surface area contributed by atoms with Crippen molar-refractivity contribution in [1.29, 1.82) is 0 Å². The summed E-state index contributed by atoms with van der Waals surface area (Å²) >= 11 is 0. The van der Waals surface area contributed by atoms with Crippen LogP contribution in [0.15, 0.2) is 16.7 Å². The number of aromatic nitrogens is 2. The average Bonchev–Trinajstić information content (AvgIpc) is 2.62. The lowest BCUT2D eigenvalue weighted by atomic mass is 10.3. The van der Waals surface area contributed by atoms with Crippen molar-refractivity contribution in [2.24, 2.45) is 0 Å². The van der Waals surface area contributed by atoms with E-state index in [1.54, 1.807) is 6.26 Å². The maximum Gasteiger partial charge on any atom is 0.245 e. The van der Waals surface area contributed by atoms with Gasteiger partial charge in [0.2, 0.25) is 5.71 Å². The van der Waals surface area contributed by atoms with Gasteiger partial charge in [-0.1, -0.05) is 0 Å². The molecule has 0 aromatic carbocycles. The Balaban J connectivity index is 2.34. The van der Waals surface area contributed by atoms with Gasteiger partial charge in [0.05, 0.1) is 37.1 Å². The predicted molar refractivity (Wildman–Crippen MR) is 41.7 cm³/mol. The zero-order valence-electron chi connectivity index (χ0n) is 6.49. The summed E-state index contributed by atoms with van der Waals surface area (Å²) in [7, 11) is 0. The van der Waals surface area contributed by atoms with Crippen LogP contribution in [0.4, 0.5) is 0 Å². The van der Waals surface area contributed by atoms with Crippen LogP contribution in [0.25, 0.3) is 11.1 Å². The summed E-state index contributed by atoms with van der Waals surface area (Å²) in [4.78, 5) is 0. The third kappa shape index (κ3) is 0.674. The monoisotopic (exact) mass is 164 g/mol. The maximum atomic E-state index is 5.33. The van der Waals surface area contributed by atoms with Crippen LogP contribution in [0.3, 0.4) is 0 Å². The number of hydrogen-bond acceptors (Lipinski definition) is 3. The molecule has 3 heterocycles. The minimum atomic E-state index is 0.649. The first kappa shape index (κ1) is 6.25. The fourth-order valence-electron chi connectivity index (χ4n) is 1.56. The van der Waals surface area contributed by atoms with Crippen LogP contribution in [-0.2, 0) is 17.9 Å². The minimum absolute atomic E-state index is 0.649. The largest absolute Gasteiger partial charge is 0.445 e. The van der Waals surface area contributed by atoms with Gasteiger partial charge in [0.1, 0.15) is 0 Å². The summed E-state index contributed by atoms with van der Waals surface area (Å²) in [5.41, 5.74) is 1.85. The van der Waals surface area contributed by atoms with E-state index in [4.69, 9.17) is 9.15 Å². The zero-order chi connectivity index (χ0) is 7.97. The molecule has 4 heteroatoms. The third-order valence-corrected chi connectivity index (χ3v) is 2.17. The lowest BCUT2D eigenvalue weighted by Gasteiger charge is -2.13. The quantitative estimate of drug-likeness (QED) is 0.586. The van der Waals surface area contributed by atoms with E-state index in [1.165, 1.54) is 0 Å². The van der Waals surface area contributed by atoms with Crippen molar-refractivity contribution in [2.75, 3.05) is 6.61 Å². The number of fused-ring (bicyclic) bond motifs is 3. The Morgan fingerprint density at radius 2 is 2.50 bits per heavy atom. The van der Waals surface area contributed by atoms with E-state index >= 15 is 0 Å². The highest BCUT2D eigenvalue weighted by atomic mass is 16.5. The molecule has 1 aliphatic heterocycles. The maximum absolute atomic E-state index is 5.33. The highest BCUT2D eigenvalue weighted by Gasteiger charge is 2.16. The van der Waals surface area contributed by atoms with Gasteiger partial charge in [0, 0.05) is 0 Å². The predicted octanol–water partition coefficient (Wildman–Crippen LogP) is 1.16. The molecule has 2 aromatic heterocycles. The number of nitrogens with zero attached hydrogens (tertiary/aromatic N) is 2. The van der Waals surface area contributed by atoms with Crippen molar-refractivity contribution >= 4 is 11.1 Å². The fourth-order valence-corrected chi connectivity index (χ4v) is 1.56. The van der Waals surface area contributed by atoms with Gasteiger partial charge in [-0.2, -0.15) is 0 Å². The van der Waals surface area contributed by atoms with Crippen LogP contribution in [-0.4, -0.2) is 16.4 Å². The third-order valence-electron chi connectivity index (χ3n) is 2.17. The molecule has 0 unspecified atom stereocenters. The molecular weight excluding hydrogens is 156 g/mol. The highest BCUT2D eigenvalue weighted by molar-refractivity contribution is 5.76. The summed E-state index contributed by atoms with van der Waals surface area (Å²) in [6, 6.07) is 1.93. The number of rotatable bonds is 0. The topological polar surface area (TPSA) is 40.2 Å². The molecule has 0 atom stereocenters. The molecule has 0 N–H and O–H groups in total. The first-order chi connectivity index (χ1) is 5.95. The van der Waals surface area contributed by atoms with Gasteiger partial charge in [-0.15, -0.1) is 5.10 Å². The smallest absolute Gasteiger partial charge is 0.245 e. The Kier molecular flexibility index (Phi) is 1.10. The second-order valence-electron chi connectivity index (χ2n) is 2.86. The second kappa shape index (κ2) is 2.10. The SMILES string of the molecule is c1cc2c3n(nc2o1)CCOC3. The van der Waals surface area contributed by atoms with E-state index in [-0.39, 0.29) is 0 Å². The van der Waals surface area contributed by atoms with Crippen molar-refractivity contribution < 1.29 is 9.15 Å². The number of ether oxygens (including phenoxy) is 1. The lowest BCUT2D eigenvalue weighted by Crippen LogP contribution is -2.17. The second-order valence-corrected chi connectivity index (χ2v) is 2.86. The van der Waals surface area contributed by atoms with Crippen molar-refractivity contribution in [3.05, 3.63) is 18.0 Å². The van der Waals surface area contributed by atoms with Gasteiger partial charge in [-0.3, -0.25) is 4.68 Å².